The number of methoxy groups -OCH3 is 1. The highest BCUT2D eigenvalue weighted by Crippen LogP contribution is 2.35. The number of thiophene rings is 1. The molecule has 2 heterocycles. The van der Waals surface area contributed by atoms with Crippen LogP contribution in [0.25, 0.3) is 10.1 Å². The van der Waals surface area contributed by atoms with E-state index in [0.717, 1.165) is 4.70 Å². The molecule has 5 nitrogen and oxygen atoms in total. The Balaban J connectivity index is 1.35. The Bertz CT molecular complexity index is 1160. The Hall–Kier alpha value is -2.84. The van der Waals surface area contributed by atoms with Crippen LogP contribution in [0.1, 0.15) is 33.6 Å². The van der Waals surface area contributed by atoms with E-state index < -0.39 is 0 Å². The highest BCUT2D eigenvalue weighted by Gasteiger charge is 2.30. The zero-order valence-corrected chi connectivity index (χ0v) is 19.2. The van der Waals surface area contributed by atoms with Gasteiger partial charge in [0.15, 0.2) is 0 Å². The van der Waals surface area contributed by atoms with Gasteiger partial charge in [-0.25, -0.2) is 8.78 Å². The van der Waals surface area contributed by atoms with Crippen molar-refractivity contribution in [2.45, 2.75) is 25.9 Å². The van der Waals surface area contributed by atoms with Crippen LogP contribution in [0.3, 0.4) is 0 Å². The zero-order chi connectivity index (χ0) is 23.4. The Kier molecular flexibility index (Phi) is 7.35. The minimum atomic E-state index is -0.361. The van der Waals surface area contributed by atoms with E-state index >= 15 is 0 Å². The van der Waals surface area contributed by atoms with Gasteiger partial charge in [0, 0.05) is 48.3 Å². The van der Waals surface area contributed by atoms with E-state index in [2.05, 4.69) is 5.32 Å². The van der Waals surface area contributed by atoms with Crippen molar-refractivity contribution in [2.24, 2.45) is 5.92 Å². The molecule has 1 aliphatic heterocycles. The van der Waals surface area contributed by atoms with Gasteiger partial charge in [0.25, 0.3) is 5.91 Å². The molecule has 33 heavy (non-hydrogen) atoms. The number of amides is 2. The number of carbonyl (C=O) groups excluding carboxylic acids is 2. The minimum absolute atomic E-state index is 0.0672. The molecule has 0 aliphatic carbocycles. The summed E-state index contributed by atoms with van der Waals surface area (Å²) < 4.78 is 34.1. The third-order valence-corrected chi connectivity index (χ3v) is 7.24. The third kappa shape index (κ3) is 5.07. The van der Waals surface area contributed by atoms with Gasteiger partial charge in [-0.2, -0.15) is 0 Å². The highest BCUT2D eigenvalue weighted by atomic mass is 32.1. The Labute approximate surface area is 195 Å². The summed E-state index contributed by atoms with van der Waals surface area (Å²) in [5.74, 6) is -1.04. The number of fused-ring (bicyclic) bond motifs is 1. The normalized spacial score (nSPS) is 14.6. The lowest BCUT2D eigenvalue weighted by molar-refractivity contribution is -0.126. The maximum Gasteiger partial charge on any atom is 0.264 e. The lowest BCUT2D eigenvalue weighted by Crippen LogP contribution is -2.43. The monoisotopic (exact) mass is 472 g/mol. The zero-order valence-electron chi connectivity index (χ0n) is 18.4. The largest absolute Gasteiger partial charge is 0.380 e. The fraction of sp³-hybridized carbons (Fsp3) is 0.360. The molecule has 2 amide bonds. The maximum atomic E-state index is 14.4. The summed E-state index contributed by atoms with van der Waals surface area (Å²) in [5, 5.41) is 3.33. The van der Waals surface area contributed by atoms with Gasteiger partial charge in [-0.15, -0.1) is 11.3 Å². The van der Waals surface area contributed by atoms with Crippen molar-refractivity contribution >= 4 is 33.2 Å². The van der Waals surface area contributed by atoms with Gasteiger partial charge < -0.3 is 15.0 Å². The minimum Gasteiger partial charge on any atom is -0.380 e. The molecule has 1 fully saturated rings. The van der Waals surface area contributed by atoms with Crippen LogP contribution in [0.4, 0.5) is 8.78 Å². The van der Waals surface area contributed by atoms with E-state index in [1.165, 1.54) is 30.6 Å². The van der Waals surface area contributed by atoms with Crippen LogP contribution in [0.5, 0.6) is 0 Å². The van der Waals surface area contributed by atoms with Gasteiger partial charge in [0.1, 0.15) is 11.6 Å². The van der Waals surface area contributed by atoms with Crippen LogP contribution in [-0.2, 0) is 22.6 Å². The second-order valence-corrected chi connectivity index (χ2v) is 9.21. The first kappa shape index (κ1) is 23.3. The SMILES string of the molecule is COCc1c(C(=O)N2CCC(C(=O)NCCc3ccccc3F)CC2)sc2cccc(F)c12. The van der Waals surface area contributed by atoms with E-state index in [9.17, 15) is 18.4 Å². The lowest BCUT2D eigenvalue weighted by Gasteiger charge is -2.31. The molecule has 0 radical (unpaired) electrons. The molecule has 174 valence electrons. The van der Waals surface area contributed by atoms with Crippen molar-refractivity contribution in [3.8, 4) is 0 Å². The molecule has 1 aromatic heterocycles. The fourth-order valence-corrected chi connectivity index (χ4v) is 5.47. The van der Waals surface area contributed by atoms with Crippen LogP contribution in [0.2, 0.25) is 0 Å². The average Bonchev–Trinajstić information content (AvgIpc) is 3.20. The second kappa shape index (κ2) is 10.4. The quantitative estimate of drug-likeness (QED) is 0.550. The summed E-state index contributed by atoms with van der Waals surface area (Å²) in [7, 11) is 1.52. The first-order valence-electron chi connectivity index (χ1n) is 11.0. The smallest absolute Gasteiger partial charge is 0.264 e. The number of hydrogen-bond donors (Lipinski definition) is 1. The summed E-state index contributed by atoms with van der Waals surface area (Å²) in [6.07, 6.45) is 1.53. The predicted octanol–water partition coefficient (Wildman–Crippen LogP) is 4.54. The molecule has 8 heteroatoms. The number of rotatable bonds is 7. The number of halogens is 2. The Morgan fingerprint density at radius 2 is 1.82 bits per heavy atom. The third-order valence-electron chi connectivity index (χ3n) is 6.05. The van der Waals surface area contributed by atoms with Crippen LogP contribution in [0, 0.1) is 17.6 Å². The molecule has 1 N–H and O–H groups in total. The molecule has 1 aliphatic rings. The number of benzene rings is 2. The summed E-state index contributed by atoms with van der Waals surface area (Å²) in [6.45, 7) is 1.43. The molecule has 0 bridgehead atoms. The number of nitrogens with one attached hydrogen (secondary N) is 1. The van der Waals surface area contributed by atoms with Crippen LogP contribution >= 0.6 is 11.3 Å². The Morgan fingerprint density at radius 3 is 2.55 bits per heavy atom. The number of ether oxygens (including phenoxy) is 1. The van der Waals surface area contributed by atoms with Crippen molar-refractivity contribution in [3.63, 3.8) is 0 Å². The number of likely N-dealkylation sites (tertiary alicyclic amines) is 1. The average molecular weight is 473 g/mol. The van der Waals surface area contributed by atoms with E-state index in [1.54, 1.807) is 35.2 Å². The Morgan fingerprint density at radius 1 is 1.09 bits per heavy atom. The van der Waals surface area contributed by atoms with Gasteiger partial charge in [-0.3, -0.25) is 9.59 Å². The summed E-state index contributed by atoms with van der Waals surface area (Å²) in [4.78, 5) is 28.0. The molecular formula is C25H26F2N2O3S. The molecule has 0 saturated carbocycles. The van der Waals surface area contributed by atoms with Crippen LogP contribution < -0.4 is 5.32 Å². The first-order chi connectivity index (χ1) is 16.0. The lowest BCUT2D eigenvalue weighted by atomic mass is 9.95. The van der Waals surface area contributed by atoms with E-state index in [4.69, 9.17) is 4.74 Å². The molecule has 0 unspecified atom stereocenters. The predicted molar refractivity (Wildman–Crippen MR) is 124 cm³/mol. The number of hydrogen-bond acceptors (Lipinski definition) is 4. The van der Waals surface area contributed by atoms with Crippen molar-refractivity contribution < 1.29 is 23.1 Å². The molecule has 1 saturated heterocycles. The molecule has 4 rings (SSSR count). The fourth-order valence-electron chi connectivity index (χ4n) is 4.28. The number of piperidine rings is 1. The molecule has 3 aromatic rings. The number of nitrogens with zero attached hydrogens (tertiary/aromatic N) is 1. The molecular weight excluding hydrogens is 446 g/mol. The topological polar surface area (TPSA) is 58.6 Å². The van der Waals surface area contributed by atoms with E-state index in [-0.39, 0.29) is 36.0 Å². The van der Waals surface area contributed by atoms with Gasteiger partial charge in [0.05, 0.1) is 11.5 Å². The first-order valence-corrected chi connectivity index (χ1v) is 11.8. The standard InChI is InChI=1S/C25H26F2N2O3S/c1-32-15-18-22-20(27)7-4-8-21(22)33-23(18)25(31)29-13-10-17(11-14-29)24(30)28-12-9-16-5-2-3-6-19(16)26/h2-8,17H,9-15H2,1H3,(H,28,30). The number of carbonyl (C=O) groups is 2. The van der Waals surface area contributed by atoms with Crippen molar-refractivity contribution in [3.05, 3.63) is 70.1 Å². The van der Waals surface area contributed by atoms with Gasteiger partial charge in [0.2, 0.25) is 5.91 Å². The highest BCUT2D eigenvalue weighted by molar-refractivity contribution is 7.21. The van der Waals surface area contributed by atoms with Gasteiger partial charge in [-0.1, -0.05) is 24.3 Å². The van der Waals surface area contributed by atoms with Crippen LogP contribution in [0.15, 0.2) is 42.5 Å². The van der Waals surface area contributed by atoms with Crippen molar-refractivity contribution in [1.82, 2.24) is 10.2 Å². The maximum absolute atomic E-state index is 14.4. The van der Waals surface area contributed by atoms with Gasteiger partial charge >= 0.3 is 0 Å². The summed E-state index contributed by atoms with van der Waals surface area (Å²) in [6, 6.07) is 11.4. The molecule has 2 aromatic carbocycles. The molecule has 0 spiro atoms. The van der Waals surface area contributed by atoms with E-state index in [0.29, 0.717) is 60.3 Å². The summed E-state index contributed by atoms with van der Waals surface area (Å²) in [5.41, 5.74) is 1.15. The molecule has 0 atom stereocenters. The van der Waals surface area contributed by atoms with Gasteiger partial charge in [-0.05, 0) is 43.0 Å². The summed E-state index contributed by atoms with van der Waals surface area (Å²) >= 11 is 1.28. The van der Waals surface area contributed by atoms with E-state index in [1.807, 2.05) is 0 Å². The van der Waals surface area contributed by atoms with Crippen LogP contribution in [-0.4, -0.2) is 43.5 Å². The van der Waals surface area contributed by atoms with Crippen molar-refractivity contribution in [1.29, 1.82) is 0 Å². The van der Waals surface area contributed by atoms with Crippen molar-refractivity contribution in [2.75, 3.05) is 26.7 Å². The second-order valence-electron chi connectivity index (χ2n) is 8.15.